The van der Waals surface area contributed by atoms with E-state index in [2.05, 4.69) is 33.9 Å². The van der Waals surface area contributed by atoms with Gasteiger partial charge in [-0.1, -0.05) is 20.8 Å². The first-order chi connectivity index (χ1) is 9.47. The molecule has 0 bridgehead atoms. The number of fused-ring (bicyclic) bond motifs is 1. The zero-order valence-corrected chi connectivity index (χ0v) is 15.4. The molecule has 0 saturated carbocycles. The molecule has 2 aliphatic heterocycles. The number of rotatable bonds is 3. The SMILES string of the molecule is C[C@@H](O[Si](C)(C)C(C)(C)C)C1C(=O)N2C1CC=S2C(=O)O. The average Bonchev–Trinajstić information content (AvgIpc) is 2.66. The van der Waals surface area contributed by atoms with Gasteiger partial charge in [0.25, 0.3) is 0 Å². The summed E-state index contributed by atoms with van der Waals surface area (Å²) in [7, 11) is -2.96. The van der Waals surface area contributed by atoms with Crippen molar-refractivity contribution in [3.63, 3.8) is 0 Å². The van der Waals surface area contributed by atoms with E-state index in [1.54, 1.807) is 5.37 Å². The third-order valence-corrected chi connectivity index (χ3v) is 11.2. The lowest BCUT2D eigenvalue weighted by Crippen LogP contribution is -2.62. The Balaban J connectivity index is 2.06. The van der Waals surface area contributed by atoms with Crippen molar-refractivity contribution in [2.24, 2.45) is 5.92 Å². The lowest BCUT2D eigenvalue weighted by atomic mass is 9.84. The topological polar surface area (TPSA) is 66.8 Å². The van der Waals surface area contributed by atoms with Gasteiger partial charge in [0.15, 0.2) is 8.32 Å². The second-order valence-corrected chi connectivity index (χ2v) is 13.8. The number of hydrogen-bond donors (Lipinski definition) is 1. The van der Waals surface area contributed by atoms with Crippen molar-refractivity contribution in [2.75, 3.05) is 0 Å². The predicted molar refractivity (Wildman–Crippen MR) is 88.2 cm³/mol. The molecule has 1 amide bonds. The molecule has 0 aromatic heterocycles. The van der Waals surface area contributed by atoms with Crippen LogP contribution in [0.5, 0.6) is 0 Å². The van der Waals surface area contributed by atoms with E-state index < -0.39 is 24.3 Å². The third kappa shape index (κ3) is 2.71. The Morgan fingerprint density at radius 3 is 2.57 bits per heavy atom. The lowest BCUT2D eigenvalue weighted by Gasteiger charge is -2.48. The maximum atomic E-state index is 12.3. The van der Waals surface area contributed by atoms with Crippen LogP contribution in [0, 0.1) is 5.92 Å². The first kappa shape index (κ1) is 16.7. The molecule has 4 atom stereocenters. The molecule has 7 heteroatoms. The van der Waals surface area contributed by atoms with Gasteiger partial charge in [0.05, 0.1) is 18.1 Å². The predicted octanol–water partition coefficient (Wildman–Crippen LogP) is 3.29. The first-order valence-corrected chi connectivity index (χ1v) is 11.4. The van der Waals surface area contributed by atoms with Gasteiger partial charge in [0.1, 0.15) is 0 Å². The maximum Gasteiger partial charge on any atom is 0.378 e. The van der Waals surface area contributed by atoms with E-state index in [9.17, 15) is 9.59 Å². The highest BCUT2D eigenvalue weighted by molar-refractivity contribution is 8.26. The van der Waals surface area contributed by atoms with Crippen LogP contribution in [0.1, 0.15) is 34.1 Å². The standard InChI is InChI=1S/C14H25NO4SSi/c1-9(19-21(5,6)14(2,3)4)11-10-7-8-20(13(17)18)15(10)12(11)16/h8-11H,7H2,1-6H3,(H,17,18)/t9-,10?,11?,20?/m1/s1. The van der Waals surface area contributed by atoms with Crippen LogP contribution >= 0.6 is 10.7 Å². The highest BCUT2D eigenvalue weighted by atomic mass is 32.2. The molecule has 0 aliphatic carbocycles. The van der Waals surface area contributed by atoms with Crippen LogP contribution in [0.3, 0.4) is 0 Å². The normalized spacial score (nSPS) is 30.5. The fraction of sp³-hybridized carbons (Fsp3) is 0.786. The van der Waals surface area contributed by atoms with Crippen molar-refractivity contribution in [1.29, 1.82) is 0 Å². The summed E-state index contributed by atoms with van der Waals surface area (Å²) < 4.78 is 7.84. The zero-order valence-electron chi connectivity index (χ0n) is 13.5. The van der Waals surface area contributed by atoms with Gasteiger partial charge in [-0.3, -0.25) is 9.10 Å². The second kappa shape index (κ2) is 5.21. The Hall–Kier alpha value is -0.663. The van der Waals surface area contributed by atoms with Crippen LogP contribution in [0.2, 0.25) is 18.1 Å². The molecule has 5 nitrogen and oxygen atoms in total. The molecule has 1 fully saturated rings. The van der Waals surface area contributed by atoms with Crippen LogP contribution in [0.4, 0.5) is 4.79 Å². The summed E-state index contributed by atoms with van der Waals surface area (Å²) in [6.07, 6.45) is 0.516. The van der Waals surface area contributed by atoms with Gasteiger partial charge in [-0.2, -0.15) is 0 Å². The third-order valence-electron chi connectivity index (χ3n) is 4.90. The van der Waals surface area contributed by atoms with E-state index in [-0.39, 0.29) is 29.0 Å². The average molecular weight is 332 g/mol. The Bertz CT molecular complexity index is 512. The molecule has 0 spiro atoms. The molecule has 0 aromatic rings. The number of carbonyl (C=O) groups excluding carboxylic acids is 1. The maximum absolute atomic E-state index is 12.3. The Morgan fingerprint density at radius 2 is 2.10 bits per heavy atom. The van der Waals surface area contributed by atoms with Gasteiger partial charge in [0, 0.05) is 10.7 Å². The fourth-order valence-corrected chi connectivity index (χ4v) is 5.78. The summed E-state index contributed by atoms with van der Waals surface area (Å²) in [5.74, 6) is -0.252. The van der Waals surface area contributed by atoms with E-state index in [0.29, 0.717) is 6.42 Å². The quantitative estimate of drug-likeness (QED) is 0.489. The van der Waals surface area contributed by atoms with E-state index in [1.807, 2.05) is 6.92 Å². The number of carboxylic acid groups (broad SMARTS) is 1. The van der Waals surface area contributed by atoms with Gasteiger partial charge >= 0.3 is 5.30 Å². The number of amides is 1. The largest absolute Gasteiger partial charge is 0.472 e. The molecule has 2 heterocycles. The number of carbonyl (C=O) groups is 2. The molecule has 1 N–H and O–H groups in total. The number of β-lactam (4-membered cyclic amide) rings is 1. The van der Waals surface area contributed by atoms with E-state index >= 15 is 0 Å². The van der Waals surface area contributed by atoms with Crippen molar-refractivity contribution in [3.05, 3.63) is 0 Å². The summed E-state index contributed by atoms with van der Waals surface area (Å²) >= 11 is 0. The summed E-state index contributed by atoms with van der Waals surface area (Å²) in [6.45, 7) is 12.8. The van der Waals surface area contributed by atoms with Gasteiger partial charge in [-0.05, 0) is 36.8 Å². The minimum atomic E-state index is -1.92. The van der Waals surface area contributed by atoms with Crippen molar-refractivity contribution < 1.29 is 19.1 Å². The van der Waals surface area contributed by atoms with Crippen LogP contribution in [-0.4, -0.2) is 46.5 Å². The van der Waals surface area contributed by atoms with Crippen molar-refractivity contribution in [2.45, 2.75) is 64.4 Å². The first-order valence-electron chi connectivity index (χ1n) is 7.28. The fourth-order valence-electron chi connectivity index (χ4n) is 2.68. The van der Waals surface area contributed by atoms with Gasteiger partial charge < -0.3 is 9.53 Å². The zero-order chi connectivity index (χ0) is 16.2. The molecule has 2 rings (SSSR count). The minimum Gasteiger partial charge on any atom is -0.472 e. The van der Waals surface area contributed by atoms with Crippen LogP contribution in [0.15, 0.2) is 0 Å². The van der Waals surface area contributed by atoms with Gasteiger partial charge in [0.2, 0.25) is 5.91 Å². The Kier molecular flexibility index (Phi) is 4.14. The molecule has 21 heavy (non-hydrogen) atoms. The molecule has 2 aliphatic rings. The number of hydrogen-bond acceptors (Lipinski definition) is 3. The molecule has 0 radical (unpaired) electrons. The van der Waals surface area contributed by atoms with Crippen LogP contribution < -0.4 is 0 Å². The summed E-state index contributed by atoms with van der Waals surface area (Å²) in [4.78, 5) is 23.5. The van der Waals surface area contributed by atoms with Crippen molar-refractivity contribution in [1.82, 2.24) is 4.31 Å². The summed E-state index contributed by atoms with van der Waals surface area (Å²) in [5.41, 5.74) is 0. The lowest BCUT2D eigenvalue weighted by molar-refractivity contribution is -0.150. The number of nitrogens with zero attached hydrogens (tertiary/aromatic N) is 1. The van der Waals surface area contributed by atoms with E-state index in [4.69, 9.17) is 9.53 Å². The highest BCUT2D eigenvalue weighted by Crippen LogP contribution is 2.47. The molecule has 120 valence electrons. The molecular formula is C14H25NO4SSi. The van der Waals surface area contributed by atoms with Gasteiger partial charge in [-0.15, -0.1) is 0 Å². The van der Waals surface area contributed by atoms with Crippen LogP contribution in [0.25, 0.3) is 0 Å². The monoisotopic (exact) mass is 331 g/mol. The Labute approximate surface area is 129 Å². The Morgan fingerprint density at radius 1 is 1.52 bits per heavy atom. The summed E-state index contributed by atoms with van der Waals surface area (Å²) in [6, 6.07) is 0.0108. The summed E-state index contributed by atoms with van der Waals surface area (Å²) in [5, 5.41) is 10.1. The highest BCUT2D eigenvalue weighted by Gasteiger charge is 2.56. The molecule has 0 aromatic carbocycles. The van der Waals surface area contributed by atoms with E-state index in [1.165, 1.54) is 4.31 Å². The van der Waals surface area contributed by atoms with E-state index in [0.717, 1.165) is 0 Å². The van der Waals surface area contributed by atoms with Crippen LogP contribution in [-0.2, 0) is 9.22 Å². The van der Waals surface area contributed by atoms with Gasteiger partial charge in [-0.25, -0.2) is 4.79 Å². The smallest absolute Gasteiger partial charge is 0.378 e. The second-order valence-electron chi connectivity index (χ2n) is 7.32. The van der Waals surface area contributed by atoms with Crippen molar-refractivity contribution >= 4 is 35.6 Å². The minimum absolute atomic E-state index is 0.0108. The van der Waals surface area contributed by atoms with Crippen molar-refractivity contribution in [3.8, 4) is 0 Å². The molecule has 3 unspecified atom stereocenters. The molecular weight excluding hydrogens is 306 g/mol. The molecule has 1 saturated heterocycles.